The van der Waals surface area contributed by atoms with Crippen molar-refractivity contribution in [1.82, 2.24) is 4.90 Å². The van der Waals surface area contributed by atoms with E-state index in [-0.39, 0.29) is 42.0 Å². The fraction of sp³-hybridized carbons (Fsp3) is 0.706. The number of halogens is 2. The third-order valence-electron chi connectivity index (χ3n) is 4.84. The summed E-state index contributed by atoms with van der Waals surface area (Å²) in [4.78, 5) is 13.8. The van der Waals surface area contributed by atoms with Crippen LogP contribution in [0.15, 0.2) is 10.5 Å². The molecule has 0 radical (unpaired) electrons. The molecular weight excluding hydrogens is 349 g/mol. The van der Waals surface area contributed by atoms with Crippen LogP contribution in [0.1, 0.15) is 55.5 Å². The van der Waals surface area contributed by atoms with Crippen molar-refractivity contribution in [2.24, 2.45) is 23.3 Å². The van der Waals surface area contributed by atoms with Crippen LogP contribution in [0.3, 0.4) is 0 Å². The number of nitrogens with two attached hydrogens (primary N) is 2. The quantitative estimate of drug-likeness (QED) is 0.844. The molecule has 4 N–H and O–H groups in total. The fourth-order valence-corrected chi connectivity index (χ4v) is 3.64. The lowest BCUT2D eigenvalue weighted by atomic mass is 9.90. The molecule has 0 spiro atoms. The molecule has 5 nitrogen and oxygen atoms in total. The van der Waals surface area contributed by atoms with Crippen molar-refractivity contribution >= 4 is 30.7 Å². The Morgan fingerprint density at radius 3 is 2.42 bits per heavy atom. The summed E-state index contributed by atoms with van der Waals surface area (Å²) in [5.41, 5.74) is 12.6. The molecule has 1 amide bonds. The highest BCUT2D eigenvalue weighted by Crippen LogP contribution is 2.41. The number of hydrogen-bond acceptors (Lipinski definition) is 4. The van der Waals surface area contributed by atoms with Crippen molar-refractivity contribution < 1.29 is 9.21 Å². The van der Waals surface area contributed by atoms with Crippen molar-refractivity contribution in [2.45, 2.75) is 51.6 Å². The van der Waals surface area contributed by atoms with E-state index in [9.17, 15) is 4.79 Å². The average Bonchev–Trinajstić information content (AvgIpc) is 3.03. The summed E-state index contributed by atoms with van der Waals surface area (Å²) in [6, 6.07) is 2.08. The third kappa shape index (κ3) is 4.45. The smallest absolute Gasteiger partial charge is 0.284 e. The molecule has 2 aliphatic rings. The summed E-state index contributed by atoms with van der Waals surface area (Å²) in [5.74, 6) is 2.05. The van der Waals surface area contributed by atoms with Crippen LogP contribution in [0.5, 0.6) is 0 Å². The van der Waals surface area contributed by atoms with Gasteiger partial charge < -0.3 is 15.9 Å². The van der Waals surface area contributed by atoms with Crippen molar-refractivity contribution in [2.75, 3.05) is 13.1 Å². The Morgan fingerprint density at radius 1 is 1.29 bits per heavy atom. The maximum Gasteiger partial charge on any atom is 0.284 e. The van der Waals surface area contributed by atoms with Gasteiger partial charge in [-0.15, -0.1) is 24.8 Å². The predicted molar refractivity (Wildman–Crippen MR) is 99.9 cm³/mol. The summed E-state index contributed by atoms with van der Waals surface area (Å²) in [6.07, 6.45) is 2.66. The molecule has 3 rings (SSSR count). The lowest BCUT2D eigenvalue weighted by Gasteiger charge is -2.20. The Morgan fingerprint density at radius 2 is 1.92 bits per heavy atom. The van der Waals surface area contributed by atoms with Crippen molar-refractivity contribution in [3.8, 4) is 0 Å². The van der Waals surface area contributed by atoms with E-state index in [0.29, 0.717) is 5.92 Å². The first kappa shape index (κ1) is 21.3. The molecule has 1 saturated carbocycles. The van der Waals surface area contributed by atoms with Gasteiger partial charge in [-0.1, -0.05) is 20.8 Å². The highest BCUT2D eigenvalue weighted by Gasteiger charge is 2.41. The first-order valence-electron chi connectivity index (χ1n) is 8.16. The van der Waals surface area contributed by atoms with E-state index in [0.717, 1.165) is 36.9 Å². The van der Waals surface area contributed by atoms with Crippen molar-refractivity contribution in [3.05, 3.63) is 23.2 Å². The molecular formula is C17H29Cl2N3O2. The van der Waals surface area contributed by atoms with Gasteiger partial charge in [-0.25, -0.2) is 0 Å². The van der Waals surface area contributed by atoms with Crippen LogP contribution in [-0.2, 0) is 12.0 Å². The van der Waals surface area contributed by atoms with Crippen LogP contribution in [0.4, 0.5) is 0 Å². The predicted octanol–water partition coefficient (Wildman–Crippen LogP) is 2.69. The molecule has 0 aromatic carbocycles. The maximum absolute atomic E-state index is 11.4. The van der Waals surface area contributed by atoms with Crippen LogP contribution in [0.2, 0.25) is 0 Å². The third-order valence-corrected chi connectivity index (χ3v) is 4.84. The zero-order chi connectivity index (χ0) is 16.1. The number of rotatable bonds is 4. The van der Waals surface area contributed by atoms with Crippen molar-refractivity contribution in [3.63, 3.8) is 0 Å². The lowest BCUT2D eigenvalue weighted by Crippen LogP contribution is -2.30. The zero-order valence-corrected chi connectivity index (χ0v) is 16.2. The molecule has 7 heteroatoms. The summed E-state index contributed by atoms with van der Waals surface area (Å²) in [7, 11) is 0. The lowest BCUT2D eigenvalue weighted by molar-refractivity contribution is 0.0970. The molecule has 2 fully saturated rings. The first-order valence-corrected chi connectivity index (χ1v) is 8.16. The van der Waals surface area contributed by atoms with E-state index in [1.54, 1.807) is 6.07 Å². The van der Waals surface area contributed by atoms with Crippen LogP contribution < -0.4 is 11.5 Å². The van der Waals surface area contributed by atoms with Crippen molar-refractivity contribution in [1.29, 1.82) is 0 Å². The van der Waals surface area contributed by atoms with Gasteiger partial charge in [0.15, 0.2) is 5.76 Å². The number of hydrogen-bond donors (Lipinski definition) is 2. The van der Waals surface area contributed by atoms with Crippen LogP contribution in [0, 0.1) is 11.8 Å². The Labute approximate surface area is 156 Å². The van der Waals surface area contributed by atoms with Crippen LogP contribution >= 0.6 is 24.8 Å². The van der Waals surface area contributed by atoms with Gasteiger partial charge in [-0.3, -0.25) is 9.69 Å². The van der Waals surface area contributed by atoms with E-state index in [2.05, 4.69) is 25.7 Å². The first-order chi connectivity index (χ1) is 10.3. The molecule has 1 saturated heterocycles. The summed E-state index contributed by atoms with van der Waals surface area (Å²) < 4.78 is 5.73. The standard InChI is InChI=1S/C17H27N3O2.2ClH/c1-17(2,3)15-11(6-14(22-15)16(19)21)7-20-8-12(10-4-5-10)13(18)9-20;;/h6,10,12-13H,4-5,7-9,18H2,1-3H3,(H2,19,21);2*1H/t12-,13+;;/m1../s1. The van der Waals surface area contributed by atoms with E-state index in [1.807, 2.05) is 0 Å². The van der Waals surface area contributed by atoms with Gasteiger partial charge in [0, 0.05) is 36.7 Å². The van der Waals surface area contributed by atoms with E-state index < -0.39 is 5.91 Å². The van der Waals surface area contributed by atoms with Crippen LogP contribution in [-0.4, -0.2) is 29.9 Å². The topological polar surface area (TPSA) is 85.5 Å². The molecule has 1 aromatic heterocycles. The number of primary amides is 1. The molecule has 24 heavy (non-hydrogen) atoms. The Balaban J connectivity index is 0.00000144. The Hall–Kier alpha value is -0.750. The highest BCUT2D eigenvalue weighted by molar-refractivity contribution is 5.90. The summed E-state index contributed by atoms with van der Waals surface area (Å²) >= 11 is 0. The van der Waals surface area contributed by atoms with Gasteiger partial charge in [0.25, 0.3) is 5.91 Å². The summed E-state index contributed by atoms with van der Waals surface area (Å²) in [5, 5.41) is 0. The van der Waals surface area contributed by atoms with Gasteiger partial charge >= 0.3 is 0 Å². The second-order valence-corrected chi connectivity index (χ2v) is 7.94. The van der Waals surface area contributed by atoms with E-state index in [1.165, 1.54) is 12.8 Å². The van der Waals surface area contributed by atoms with Gasteiger partial charge in [-0.05, 0) is 30.7 Å². The largest absolute Gasteiger partial charge is 0.455 e. The molecule has 1 aliphatic heterocycles. The normalized spacial score (nSPS) is 24.3. The number of carbonyl (C=O) groups is 1. The number of carbonyl (C=O) groups excluding carboxylic acids is 1. The minimum absolute atomic E-state index is 0. The number of furan rings is 1. The monoisotopic (exact) mass is 377 g/mol. The Kier molecular flexibility index (Phi) is 6.78. The van der Waals surface area contributed by atoms with Gasteiger partial charge in [-0.2, -0.15) is 0 Å². The Bertz CT molecular complexity index is 579. The molecule has 0 unspecified atom stereocenters. The SMILES string of the molecule is CC(C)(C)c1oc(C(N)=O)cc1CN1C[C@H](C2CC2)[C@@H](N)C1.Cl.Cl. The molecule has 2 heterocycles. The molecule has 0 bridgehead atoms. The van der Waals surface area contributed by atoms with E-state index >= 15 is 0 Å². The minimum atomic E-state index is -0.509. The van der Waals surface area contributed by atoms with Gasteiger partial charge in [0.2, 0.25) is 0 Å². The average molecular weight is 378 g/mol. The molecule has 2 atom stereocenters. The fourth-order valence-electron chi connectivity index (χ4n) is 3.64. The number of nitrogens with zero attached hydrogens (tertiary/aromatic N) is 1. The van der Waals surface area contributed by atoms with Crippen LogP contribution in [0.25, 0.3) is 0 Å². The molecule has 138 valence electrons. The minimum Gasteiger partial charge on any atom is -0.455 e. The zero-order valence-electron chi connectivity index (χ0n) is 14.6. The summed E-state index contributed by atoms with van der Waals surface area (Å²) in [6.45, 7) is 9.00. The molecule has 1 aromatic rings. The highest BCUT2D eigenvalue weighted by atomic mass is 35.5. The van der Waals surface area contributed by atoms with Gasteiger partial charge in [0.05, 0.1) is 0 Å². The molecule has 1 aliphatic carbocycles. The van der Waals surface area contributed by atoms with Gasteiger partial charge in [0.1, 0.15) is 5.76 Å². The number of amides is 1. The second-order valence-electron chi connectivity index (χ2n) is 7.94. The maximum atomic E-state index is 11.4. The van der Waals surface area contributed by atoms with E-state index in [4.69, 9.17) is 15.9 Å². The number of likely N-dealkylation sites (tertiary alicyclic amines) is 1. The second kappa shape index (κ2) is 7.65.